The van der Waals surface area contributed by atoms with Crippen molar-refractivity contribution in [2.45, 2.75) is 18.9 Å². The molecular formula is C12H10BrFN2. The minimum absolute atomic E-state index is 0.102. The number of fused-ring (bicyclic) bond motifs is 1. The normalized spacial score (nSPS) is 18.8. The number of rotatable bonds is 1. The van der Waals surface area contributed by atoms with E-state index in [0.717, 1.165) is 28.7 Å². The molecule has 0 fully saturated rings. The Morgan fingerprint density at radius 2 is 2.31 bits per heavy atom. The van der Waals surface area contributed by atoms with Crippen molar-refractivity contribution < 1.29 is 4.39 Å². The third-order valence-electron chi connectivity index (χ3n) is 3.05. The first-order valence-electron chi connectivity index (χ1n) is 5.22. The molecule has 0 N–H and O–H groups in total. The monoisotopic (exact) mass is 280 g/mol. The molecule has 1 atom stereocenters. The highest BCUT2D eigenvalue weighted by Crippen LogP contribution is 2.33. The fourth-order valence-corrected chi connectivity index (χ4v) is 2.64. The predicted molar refractivity (Wildman–Crippen MR) is 62.8 cm³/mol. The largest absolute Gasteiger partial charge is 0.327 e. The summed E-state index contributed by atoms with van der Waals surface area (Å²) in [6, 6.07) is 5.35. The standard InChI is InChI=1S/C12H10BrFN2/c13-8-1-2-9(10(14)7-8)11-3-4-12-15-5-6-16(11)12/h1-2,5-7,11H,3-4H2. The number of hydrogen-bond donors (Lipinski definition) is 0. The Balaban J connectivity index is 2.06. The van der Waals surface area contributed by atoms with Crippen LogP contribution in [0.15, 0.2) is 35.1 Å². The number of benzene rings is 1. The molecule has 0 spiro atoms. The molecule has 1 aromatic heterocycles. The average molecular weight is 281 g/mol. The van der Waals surface area contributed by atoms with Crippen molar-refractivity contribution in [3.63, 3.8) is 0 Å². The van der Waals surface area contributed by atoms with Crippen LogP contribution in [0.2, 0.25) is 0 Å². The van der Waals surface area contributed by atoms with E-state index in [9.17, 15) is 4.39 Å². The second kappa shape index (κ2) is 3.70. The van der Waals surface area contributed by atoms with Gasteiger partial charge in [-0.3, -0.25) is 0 Å². The summed E-state index contributed by atoms with van der Waals surface area (Å²) in [5, 5.41) is 0. The Bertz CT molecular complexity index is 536. The van der Waals surface area contributed by atoms with Gasteiger partial charge in [-0.25, -0.2) is 9.37 Å². The molecule has 1 aliphatic rings. The topological polar surface area (TPSA) is 17.8 Å². The lowest BCUT2D eigenvalue weighted by Gasteiger charge is -2.14. The van der Waals surface area contributed by atoms with Gasteiger partial charge in [0.15, 0.2) is 0 Å². The summed E-state index contributed by atoms with van der Waals surface area (Å²) in [6.45, 7) is 0. The van der Waals surface area contributed by atoms with Crippen LogP contribution >= 0.6 is 15.9 Å². The van der Waals surface area contributed by atoms with Crippen LogP contribution in [0.5, 0.6) is 0 Å². The van der Waals surface area contributed by atoms with Crippen LogP contribution in [0.4, 0.5) is 4.39 Å². The fourth-order valence-electron chi connectivity index (χ4n) is 2.30. The first-order valence-corrected chi connectivity index (χ1v) is 6.01. The van der Waals surface area contributed by atoms with Crippen LogP contribution in [-0.2, 0) is 6.42 Å². The van der Waals surface area contributed by atoms with E-state index in [-0.39, 0.29) is 11.9 Å². The lowest BCUT2D eigenvalue weighted by molar-refractivity contribution is 0.547. The number of hydrogen-bond acceptors (Lipinski definition) is 1. The highest BCUT2D eigenvalue weighted by Gasteiger charge is 2.25. The zero-order valence-electron chi connectivity index (χ0n) is 8.53. The molecule has 2 nitrogen and oxygen atoms in total. The van der Waals surface area contributed by atoms with E-state index in [0.29, 0.717) is 0 Å². The summed E-state index contributed by atoms with van der Waals surface area (Å²) >= 11 is 3.27. The SMILES string of the molecule is Fc1cc(Br)ccc1C1CCc2nccn21. The number of imidazole rings is 1. The third kappa shape index (κ3) is 1.48. The molecule has 0 amide bonds. The van der Waals surface area contributed by atoms with E-state index in [4.69, 9.17) is 0 Å². The van der Waals surface area contributed by atoms with Crippen molar-refractivity contribution in [2.24, 2.45) is 0 Å². The summed E-state index contributed by atoms with van der Waals surface area (Å²) in [5.74, 6) is 0.897. The van der Waals surface area contributed by atoms with Crippen molar-refractivity contribution in [1.29, 1.82) is 0 Å². The molecule has 2 aromatic rings. The highest BCUT2D eigenvalue weighted by atomic mass is 79.9. The highest BCUT2D eigenvalue weighted by molar-refractivity contribution is 9.10. The molecule has 0 saturated heterocycles. The molecule has 0 aliphatic carbocycles. The minimum atomic E-state index is -0.152. The van der Waals surface area contributed by atoms with Gasteiger partial charge in [-0.05, 0) is 18.6 Å². The molecule has 1 aliphatic heterocycles. The smallest absolute Gasteiger partial charge is 0.129 e. The van der Waals surface area contributed by atoms with Gasteiger partial charge in [0, 0.05) is 28.9 Å². The van der Waals surface area contributed by atoms with Crippen molar-refractivity contribution >= 4 is 15.9 Å². The Kier molecular flexibility index (Phi) is 2.32. The maximum absolute atomic E-state index is 13.8. The maximum Gasteiger partial charge on any atom is 0.129 e. The summed E-state index contributed by atoms with van der Waals surface area (Å²) in [4.78, 5) is 4.25. The molecule has 2 heterocycles. The number of nitrogens with zero attached hydrogens (tertiary/aromatic N) is 2. The fraction of sp³-hybridized carbons (Fsp3) is 0.250. The predicted octanol–water partition coefficient (Wildman–Crippen LogP) is 3.32. The zero-order chi connectivity index (χ0) is 11.1. The van der Waals surface area contributed by atoms with Crippen LogP contribution in [0.1, 0.15) is 23.9 Å². The van der Waals surface area contributed by atoms with E-state index < -0.39 is 0 Å². The van der Waals surface area contributed by atoms with E-state index in [2.05, 4.69) is 25.5 Å². The molecular weight excluding hydrogens is 271 g/mol. The number of aryl methyl sites for hydroxylation is 1. The van der Waals surface area contributed by atoms with Gasteiger partial charge in [0.2, 0.25) is 0 Å². The molecule has 3 rings (SSSR count). The quantitative estimate of drug-likeness (QED) is 0.784. The molecule has 0 bridgehead atoms. The van der Waals surface area contributed by atoms with Crippen molar-refractivity contribution in [2.75, 3.05) is 0 Å². The van der Waals surface area contributed by atoms with Crippen molar-refractivity contribution in [3.8, 4) is 0 Å². The molecule has 0 saturated carbocycles. The van der Waals surface area contributed by atoms with Crippen molar-refractivity contribution in [3.05, 3.63) is 52.3 Å². The lowest BCUT2D eigenvalue weighted by Crippen LogP contribution is -2.06. The third-order valence-corrected chi connectivity index (χ3v) is 3.54. The van der Waals surface area contributed by atoms with Gasteiger partial charge < -0.3 is 4.57 Å². The zero-order valence-corrected chi connectivity index (χ0v) is 10.1. The van der Waals surface area contributed by atoms with Crippen molar-refractivity contribution in [1.82, 2.24) is 9.55 Å². The van der Waals surface area contributed by atoms with Crippen LogP contribution in [-0.4, -0.2) is 9.55 Å². The Labute approximate surface area is 101 Å². The lowest BCUT2D eigenvalue weighted by atomic mass is 10.0. The van der Waals surface area contributed by atoms with Crippen LogP contribution in [0, 0.1) is 5.82 Å². The molecule has 1 aromatic carbocycles. The van der Waals surface area contributed by atoms with Crippen LogP contribution in [0.25, 0.3) is 0 Å². The number of aromatic nitrogens is 2. The van der Waals surface area contributed by atoms with Gasteiger partial charge in [-0.2, -0.15) is 0 Å². The molecule has 82 valence electrons. The van der Waals surface area contributed by atoms with Gasteiger partial charge in [0.25, 0.3) is 0 Å². The average Bonchev–Trinajstić information content (AvgIpc) is 2.80. The molecule has 0 radical (unpaired) electrons. The first kappa shape index (κ1) is 10.0. The van der Waals surface area contributed by atoms with E-state index in [1.54, 1.807) is 6.20 Å². The summed E-state index contributed by atoms with van der Waals surface area (Å²) in [5.41, 5.74) is 0.750. The van der Waals surface area contributed by atoms with Gasteiger partial charge in [0.1, 0.15) is 11.6 Å². The van der Waals surface area contributed by atoms with Gasteiger partial charge in [0.05, 0.1) is 6.04 Å². The Hall–Kier alpha value is -1.16. The second-order valence-corrected chi connectivity index (χ2v) is 4.89. The molecule has 1 unspecified atom stereocenters. The summed E-state index contributed by atoms with van der Waals surface area (Å²) in [6.07, 6.45) is 5.56. The maximum atomic E-state index is 13.8. The van der Waals surface area contributed by atoms with E-state index >= 15 is 0 Å². The van der Waals surface area contributed by atoms with Gasteiger partial charge >= 0.3 is 0 Å². The molecule has 4 heteroatoms. The Morgan fingerprint density at radius 1 is 1.44 bits per heavy atom. The van der Waals surface area contributed by atoms with Gasteiger partial charge in [-0.15, -0.1) is 0 Å². The van der Waals surface area contributed by atoms with E-state index in [1.807, 2.05) is 18.3 Å². The minimum Gasteiger partial charge on any atom is -0.327 e. The van der Waals surface area contributed by atoms with Crippen LogP contribution < -0.4 is 0 Å². The second-order valence-electron chi connectivity index (χ2n) is 3.97. The summed E-state index contributed by atoms with van der Waals surface area (Å²) < 4.78 is 16.7. The summed E-state index contributed by atoms with van der Waals surface area (Å²) in [7, 11) is 0. The van der Waals surface area contributed by atoms with Crippen LogP contribution in [0.3, 0.4) is 0 Å². The number of halogens is 2. The Morgan fingerprint density at radius 3 is 3.12 bits per heavy atom. The first-order chi connectivity index (χ1) is 7.75. The van der Waals surface area contributed by atoms with Gasteiger partial charge in [-0.1, -0.05) is 22.0 Å². The molecule has 16 heavy (non-hydrogen) atoms. The van der Waals surface area contributed by atoms with E-state index in [1.165, 1.54) is 6.07 Å².